The fraction of sp³-hybridized carbons (Fsp3) is 0.650. The van der Waals surface area contributed by atoms with Gasteiger partial charge in [0.2, 0.25) is 0 Å². The predicted molar refractivity (Wildman–Crippen MR) is 125 cm³/mol. The molecule has 0 heterocycles. The minimum absolute atomic E-state index is 0. The first-order valence-electron chi connectivity index (χ1n) is 9.34. The molecule has 0 bridgehead atoms. The molecule has 0 saturated heterocycles. The summed E-state index contributed by atoms with van der Waals surface area (Å²) in [6.07, 6.45) is 0.825. The van der Waals surface area contributed by atoms with Gasteiger partial charge >= 0.3 is 0 Å². The molecule has 0 radical (unpaired) electrons. The van der Waals surface area contributed by atoms with Crippen LogP contribution in [0, 0.1) is 0 Å². The average molecular weight is 492 g/mol. The van der Waals surface area contributed by atoms with Crippen molar-refractivity contribution in [3.05, 3.63) is 23.8 Å². The maximum atomic E-state index is 5.43. The van der Waals surface area contributed by atoms with Gasteiger partial charge in [0.1, 0.15) is 11.5 Å². The fourth-order valence-corrected chi connectivity index (χ4v) is 3.03. The molecule has 7 heteroatoms. The van der Waals surface area contributed by atoms with E-state index in [1.807, 2.05) is 18.2 Å². The van der Waals surface area contributed by atoms with Crippen molar-refractivity contribution < 1.29 is 9.47 Å². The molecule has 0 aliphatic heterocycles. The predicted octanol–water partition coefficient (Wildman–Crippen LogP) is 3.15. The van der Waals surface area contributed by atoms with Gasteiger partial charge < -0.3 is 20.1 Å². The second-order valence-corrected chi connectivity index (χ2v) is 6.78. The standard InChI is InChI=1S/C20H36N4O2.HI/c1-15(2)24(16(3)4)13-12-23-20(21-5)22-11-10-17-14-18(25-6)8-9-19(17)26-7;/h8-9,14-16H,10-13H2,1-7H3,(H2,21,22,23);1H. The van der Waals surface area contributed by atoms with E-state index in [1.54, 1.807) is 21.3 Å². The highest BCUT2D eigenvalue weighted by Crippen LogP contribution is 2.24. The van der Waals surface area contributed by atoms with Crippen LogP contribution in [-0.2, 0) is 6.42 Å². The second-order valence-electron chi connectivity index (χ2n) is 6.78. The third kappa shape index (κ3) is 9.01. The summed E-state index contributed by atoms with van der Waals surface area (Å²) < 4.78 is 10.7. The zero-order valence-corrected chi connectivity index (χ0v) is 20.2. The SMILES string of the molecule is CN=C(NCCc1cc(OC)ccc1OC)NCCN(C(C)C)C(C)C.I. The van der Waals surface area contributed by atoms with E-state index in [-0.39, 0.29) is 24.0 Å². The normalized spacial score (nSPS) is 11.6. The molecule has 0 spiro atoms. The number of hydrogen-bond donors (Lipinski definition) is 2. The summed E-state index contributed by atoms with van der Waals surface area (Å²) in [6, 6.07) is 6.93. The van der Waals surface area contributed by atoms with Crippen LogP contribution in [0.3, 0.4) is 0 Å². The lowest BCUT2D eigenvalue weighted by Crippen LogP contribution is -2.45. The molecule has 27 heavy (non-hydrogen) atoms. The van der Waals surface area contributed by atoms with Crippen molar-refractivity contribution in [2.75, 3.05) is 40.9 Å². The zero-order valence-electron chi connectivity index (χ0n) is 17.8. The summed E-state index contributed by atoms with van der Waals surface area (Å²) in [5.74, 6) is 2.53. The van der Waals surface area contributed by atoms with Gasteiger partial charge in [0.25, 0.3) is 0 Å². The first kappa shape index (κ1) is 25.8. The topological polar surface area (TPSA) is 58.1 Å². The van der Waals surface area contributed by atoms with E-state index in [9.17, 15) is 0 Å². The summed E-state index contributed by atoms with van der Waals surface area (Å²) in [4.78, 5) is 6.76. The quantitative estimate of drug-likeness (QED) is 0.299. The van der Waals surface area contributed by atoms with E-state index < -0.39 is 0 Å². The van der Waals surface area contributed by atoms with E-state index in [1.165, 1.54) is 0 Å². The van der Waals surface area contributed by atoms with Gasteiger partial charge in [-0.1, -0.05) is 0 Å². The Morgan fingerprint density at radius 2 is 1.67 bits per heavy atom. The molecule has 1 aromatic rings. The van der Waals surface area contributed by atoms with Crippen LogP contribution in [0.15, 0.2) is 23.2 Å². The molecule has 0 unspecified atom stereocenters. The Bertz CT molecular complexity index is 557. The van der Waals surface area contributed by atoms with Crippen molar-refractivity contribution in [3.8, 4) is 11.5 Å². The van der Waals surface area contributed by atoms with Gasteiger partial charge in [-0.05, 0) is 57.9 Å². The summed E-state index contributed by atoms with van der Waals surface area (Å²) >= 11 is 0. The average Bonchev–Trinajstić information content (AvgIpc) is 2.62. The molecule has 156 valence electrons. The van der Waals surface area contributed by atoms with E-state index >= 15 is 0 Å². The highest BCUT2D eigenvalue weighted by atomic mass is 127. The monoisotopic (exact) mass is 492 g/mol. The molecular weight excluding hydrogens is 455 g/mol. The van der Waals surface area contributed by atoms with Crippen LogP contribution in [0.1, 0.15) is 33.3 Å². The number of guanidine groups is 1. The summed E-state index contributed by atoms with van der Waals surface area (Å²) in [7, 11) is 5.16. The van der Waals surface area contributed by atoms with Gasteiger partial charge in [-0.15, -0.1) is 24.0 Å². The fourth-order valence-electron chi connectivity index (χ4n) is 3.03. The molecule has 0 amide bonds. The Hall–Kier alpha value is -1.22. The first-order chi connectivity index (χ1) is 12.4. The van der Waals surface area contributed by atoms with Crippen LogP contribution in [0.4, 0.5) is 0 Å². The number of rotatable bonds is 10. The Morgan fingerprint density at radius 3 is 2.19 bits per heavy atom. The molecule has 0 aromatic heterocycles. The number of nitrogens with one attached hydrogen (secondary N) is 2. The summed E-state index contributed by atoms with van der Waals surface area (Å²) in [5.41, 5.74) is 1.11. The molecule has 0 saturated carbocycles. The van der Waals surface area contributed by atoms with Gasteiger partial charge in [-0.2, -0.15) is 0 Å². The molecule has 6 nitrogen and oxygen atoms in total. The van der Waals surface area contributed by atoms with Crippen molar-refractivity contribution in [2.45, 2.75) is 46.2 Å². The highest BCUT2D eigenvalue weighted by Gasteiger charge is 2.12. The number of nitrogens with zero attached hydrogens (tertiary/aromatic N) is 2. The van der Waals surface area contributed by atoms with Gasteiger partial charge in [0.05, 0.1) is 14.2 Å². The molecule has 0 fully saturated rings. The summed E-state index contributed by atoms with van der Waals surface area (Å²) in [5, 5.41) is 6.75. The number of benzene rings is 1. The highest BCUT2D eigenvalue weighted by molar-refractivity contribution is 14.0. The van der Waals surface area contributed by atoms with Crippen LogP contribution in [0.2, 0.25) is 0 Å². The molecule has 0 atom stereocenters. The lowest BCUT2D eigenvalue weighted by atomic mass is 10.1. The minimum Gasteiger partial charge on any atom is -0.497 e. The number of halogens is 1. The lowest BCUT2D eigenvalue weighted by Gasteiger charge is -2.30. The van der Waals surface area contributed by atoms with Crippen molar-refractivity contribution in [2.24, 2.45) is 4.99 Å². The van der Waals surface area contributed by atoms with Gasteiger partial charge in [-0.25, -0.2) is 0 Å². The molecule has 1 aromatic carbocycles. The Balaban J connectivity index is 0.00000676. The van der Waals surface area contributed by atoms with Crippen molar-refractivity contribution in [1.29, 1.82) is 0 Å². The number of aliphatic imine (C=N–C) groups is 1. The molecule has 0 aliphatic rings. The smallest absolute Gasteiger partial charge is 0.191 e. The second kappa shape index (κ2) is 13.9. The number of ether oxygens (including phenoxy) is 2. The van der Waals surface area contributed by atoms with Gasteiger partial charge in [0, 0.05) is 38.8 Å². The summed E-state index contributed by atoms with van der Waals surface area (Å²) in [6.45, 7) is 11.5. The minimum atomic E-state index is 0. The lowest BCUT2D eigenvalue weighted by molar-refractivity contribution is 0.178. The molecule has 1 rings (SSSR count). The number of methoxy groups -OCH3 is 2. The third-order valence-electron chi connectivity index (χ3n) is 4.39. The van der Waals surface area contributed by atoms with Gasteiger partial charge in [-0.3, -0.25) is 9.89 Å². The Labute approximate surface area is 182 Å². The third-order valence-corrected chi connectivity index (χ3v) is 4.39. The van der Waals surface area contributed by atoms with Crippen molar-refractivity contribution in [1.82, 2.24) is 15.5 Å². The van der Waals surface area contributed by atoms with E-state index in [4.69, 9.17) is 9.47 Å². The Kier molecular flexibility index (Phi) is 13.2. The largest absolute Gasteiger partial charge is 0.497 e. The maximum absolute atomic E-state index is 5.43. The van der Waals surface area contributed by atoms with Crippen LogP contribution in [-0.4, -0.2) is 63.8 Å². The van der Waals surface area contributed by atoms with E-state index in [0.29, 0.717) is 12.1 Å². The van der Waals surface area contributed by atoms with Crippen molar-refractivity contribution in [3.63, 3.8) is 0 Å². The molecular formula is C20H37IN4O2. The Morgan fingerprint density at radius 1 is 1.04 bits per heavy atom. The molecule has 2 N–H and O–H groups in total. The number of hydrogen-bond acceptors (Lipinski definition) is 4. The van der Waals surface area contributed by atoms with Crippen LogP contribution in [0.25, 0.3) is 0 Å². The zero-order chi connectivity index (χ0) is 19.5. The first-order valence-corrected chi connectivity index (χ1v) is 9.34. The van der Waals surface area contributed by atoms with Crippen LogP contribution >= 0.6 is 24.0 Å². The van der Waals surface area contributed by atoms with Gasteiger partial charge in [0.15, 0.2) is 5.96 Å². The van der Waals surface area contributed by atoms with Crippen LogP contribution in [0.5, 0.6) is 11.5 Å². The maximum Gasteiger partial charge on any atom is 0.191 e. The van der Waals surface area contributed by atoms with E-state index in [2.05, 4.69) is 48.2 Å². The van der Waals surface area contributed by atoms with Crippen molar-refractivity contribution >= 4 is 29.9 Å². The van der Waals surface area contributed by atoms with Crippen LogP contribution < -0.4 is 20.1 Å². The molecule has 0 aliphatic carbocycles. The van der Waals surface area contributed by atoms with E-state index in [0.717, 1.165) is 49.1 Å².